The third-order valence-corrected chi connectivity index (χ3v) is 7.83. The zero-order valence-corrected chi connectivity index (χ0v) is 24.5. The average Bonchev–Trinajstić information content (AvgIpc) is 3.37. The number of benzene rings is 3. The Balaban J connectivity index is 1.28. The Hall–Kier alpha value is -4.14. The van der Waals surface area contributed by atoms with Crippen LogP contribution in [0.3, 0.4) is 0 Å². The van der Waals surface area contributed by atoms with Gasteiger partial charge in [0.05, 0.1) is 19.1 Å². The van der Waals surface area contributed by atoms with E-state index in [9.17, 15) is 9.59 Å². The van der Waals surface area contributed by atoms with Gasteiger partial charge in [0.25, 0.3) is 0 Å². The maximum Gasteiger partial charge on any atom is 0.412 e. The molecule has 8 nitrogen and oxygen atoms in total. The Morgan fingerprint density at radius 3 is 2.38 bits per heavy atom. The zero-order valence-electron chi connectivity index (χ0n) is 23.8. The number of nitrogens with zero attached hydrogens (tertiary/aromatic N) is 1. The van der Waals surface area contributed by atoms with Crippen molar-refractivity contribution in [2.75, 3.05) is 25.1 Å². The summed E-state index contributed by atoms with van der Waals surface area (Å²) >= 11 is 6.25. The Morgan fingerprint density at radius 1 is 1.02 bits per heavy atom. The van der Waals surface area contributed by atoms with E-state index in [-0.39, 0.29) is 17.8 Å². The lowest BCUT2D eigenvalue weighted by Gasteiger charge is -2.30. The zero-order chi connectivity index (χ0) is 29.6. The van der Waals surface area contributed by atoms with Gasteiger partial charge < -0.3 is 18.7 Å². The first-order valence-corrected chi connectivity index (χ1v) is 14.4. The highest BCUT2D eigenvalue weighted by molar-refractivity contribution is 6.31. The lowest BCUT2D eigenvalue weighted by molar-refractivity contribution is -0.153. The Kier molecular flexibility index (Phi) is 9.25. The van der Waals surface area contributed by atoms with Gasteiger partial charge in [-0.25, -0.2) is 4.79 Å². The minimum atomic E-state index is -0.638. The van der Waals surface area contributed by atoms with E-state index in [4.69, 9.17) is 30.3 Å². The molecule has 0 radical (unpaired) electrons. The highest BCUT2D eigenvalue weighted by Gasteiger charge is 2.34. The summed E-state index contributed by atoms with van der Waals surface area (Å²) < 4.78 is 22.0. The second kappa shape index (κ2) is 13.2. The number of hydrogen-bond acceptors (Lipinski definition) is 7. The second-order valence-corrected chi connectivity index (χ2v) is 10.6. The summed E-state index contributed by atoms with van der Waals surface area (Å²) in [5, 5.41) is 7.36. The number of halogens is 1. The number of anilines is 1. The normalized spacial score (nSPS) is 17.3. The van der Waals surface area contributed by atoms with Crippen LogP contribution in [-0.4, -0.2) is 37.0 Å². The standard InChI is InChI=1S/C33H33ClN2O6/c1-4-40-32(37)28-19-39-18-17-27(28)24-13-9-22(10-14-24)23-11-15-25(16-12-23)31-30(20(2)36-42-31)35-33(38)41-21(3)26-7-5-6-8-29(26)34/h5-16,21,27-28H,4,17-19H2,1-3H3,(H,35,38)/t21-,27?,28?/m1/s1. The van der Waals surface area contributed by atoms with Crippen molar-refractivity contribution in [3.63, 3.8) is 0 Å². The fraction of sp³-hybridized carbons (Fsp3) is 0.303. The second-order valence-electron chi connectivity index (χ2n) is 10.2. The molecule has 4 aromatic rings. The van der Waals surface area contributed by atoms with Crippen molar-refractivity contribution in [2.24, 2.45) is 5.92 Å². The van der Waals surface area contributed by atoms with E-state index in [2.05, 4.69) is 34.7 Å². The number of aromatic nitrogens is 1. The van der Waals surface area contributed by atoms with Gasteiger partial charge >= 0.3 is 12.1 Å². The fourth-order valence-electron chi connectivity index (χ4n) is 5.23. The van der Waals surface area contributed by atoms with Gasteiger partial charge in [0.2, 0.25) is 0 Å². The minimum absolute atomic E-state index is 0.0641. The van der Waals surface area contributed by atoms with Gasteiger partial charge in [-0.05, 0) is 49.9 Å². The Morgan fingerprint density at radius 2 is 1.69 bits per heavy atom. The minimum Gasteiger partial charge on any atom is -0.466 e. The number of esters is 1. The summed E-state index contributed by atoms with van der Waals surface area (Å²) in [5.74, 6) is -0.00848. The molecule has 2 unspecified atom stereocenters. The van der Waals surface area contributed by atoms with Gasteiger partial charge in [0, 0.05) is 28.7 Å². The van der Waals surface area contributed by atoms with E-state index in [1.165, 1.54) is 0 Å². The number of ether oxygens (including phenoxy) is 3. The largest absolute Gasteiger partial charge is 0.466 e. The molecular formula is C33H33ClN2O6. The van der Waals surface area contributed by atoms with E-state index >= 15 is 0 Å². The molecule has 1 N–H and O–H groups in total. The van der Waals surface area contributed by atoms with Crippen LogP contribution in [0.5, 0.6) is 0 Å². The summed E-state index contributed by atoms with van der Waals surface area (Å²) in [6.45, 7) is 6.68. The molecule has 5 rings (SSSR count). The van der Waals surface area contributed by atoms with Crippen LogP contribution in [0, 0.1) is 12.8 Å². The number of hydrogen-bond donors (Lipinski definition) is 1. The van der Waals surface area contributed by atoms with Crippen LogP contribution in [0.25, 0.3) is 22.5 Å². The molecule has 1 fully saturated rings. The molecular weight excluding hydrogens is 556 g/mol. The third kappa shape index (κ3) is 6.50. The summed E-state index contributed by atoms with van der Waals surface area (Å²) in [5.41, 5.74) is 5.58. The topological polar surface area (TPSA) is 99.9 Å². The molecule has 1 aromatic heterocycles. The molecule has 1 saturated heterocycles. The molecule has 218 valence electrons. The number of amides is 1. The van der Waals surface area contributed by atoms with Crippen molar-refractivity contribution in [2.45, 2.75) is 39.2 Å². The van der Waals surface area contributed by atoms with Crippen LogP contribution in [-0.2, 0) is 19.0 Å². The van der Waals surface area contributed by atoms with Crippen molar-refractivity contribution in [3.05, 3.63) is 94.6 Å². The van der Waals surface area contributed by atoms with Crippen LogP contribution >= 0.6 is 11.6 Å². The van der Waals surface area contributed by atoms with Gasteiger partial charge in [-0.3, -0.25) is 10.1 Å². The maximum absolute atomic E-state index is 12.7. The molecule has 0 spiro atoms. The van der Waals surface area contributed by atoms with E-state index < -0.39 is 12.2 Å². The van der Waals surface area contributed by atoms with Crippen molar-refractivity contribution < 1.29 is 28.3 Å². The van der Waals surface area contributed by atoms with Gasteiger partial charge in [0.15, 0.2) is 5.76 Å². The van der Waals surface area contributed by atoms with Gasteiger partial charge in [0.1, 0.15) is 17.5 Å². The smallest absolute Gasteiger partial charge is 0.412 e. The monoisotopic (exact) mass is 588 g/mol. The van der Waals surface area contributed by atoms with Crippen molar-refractivity contribution in [3.8, 4) is 22.5 Å². The average molecular weight is 589 g/mol. The van der Waals surface area contributed by atoms with E-state index in [0.29, 0.717) is 47.5 Å². The molecule has 42 heavy (non-hydrogen) atoms. The van der Waals surface area contributed by atoms with Crippen LogP contribution < -0.4 is 5.32 Å². The molecule has 1 aliphatic rings. The van der Waals surface area contributed by atoms with E-state index in [0.717, 1.165) is 28.7 Å². The summed E-state index contributed by atoms with van der Waals surface area (Å²) in [7, 11) is 0. The van der Waals surface area contributed by atoms with Crippen LogP contribution in [0.2, 0.25) is 5.02 Å². The number of nitrogens with one attached hydrogen (secondary N) is 1. The highest BCUT2D eigenvalue weighted by atomic mass is 35.5. The molecule has 1 aliphatic heterocycles. The van der Waals surface area contributed by atoms with Crippen molar-refractivity contribution in [1.29, 1.82) is 0 Å². The molecule has 2 heterocycles. The summed E-state index contributed by atoms with van der Waals surface area (Å²) in [6, 6.07) is 23.3. The first-order valence-electron chi connectivity index (χ1n) is 14.0. The number of aryl methyl sites for hydroxylation is 1. The van der Waals surface area contributed by atoms with E-state index in [1.807, 2.05) is 49.4 Å². The third-order valence-electron chi connectivity index (χ3n) is 7.48. The highest BCUT2D eigenvalue weighted by Crippen LogP contribution is 2.36. The molecule has 3 aromatic carbocycles. The van der Waals surface area contributed by atoms with Crippen LogP contribution in [0.15, 0.2) is 77.3 Å². The molecule has 0 aliphatic carbocycles. The lowest BCUT2D eigenvalue weighted by Crippen LogP contribution is -2.33. The van der Waals surface area contributed by atoms with Gasteiger partial charge in [-0.15, -0.1) is 0 Å². The molecule has 0 saturated carbocycles. The molecule has 9 heteroatoms. The predicted octanol–water partition coefficient (Wildman–Crippen LogP) is 7.96. The Labute approximate surface area is 249 Å². The van der Waals surface area contributed by atoms with Gasteiger partial charge in [-0.2, -0.15) is 0 Å². The van der Waals surface area contributed by atoms with E-state index in [1.54, 1.807) is 19.9 Å². The van der Waals surface area contributed by atoms with Crippen LogP contribution in [0.1, 0.15) is 49.1 Å². The van der Waals surface area contributed by atoms with Crippen molar-refractivity contribution >= 4 is 29.4 Å². The first kappa shape index (κ1) is 29.4. The fourth-order valence-corrected chi connectivity index (χ4v) is 5.52. The Bertz CT molecular complexity index is 1530. The predicted molar refractivity (Wildman–Crippen MR) is 160 cm³/mol. The molecule has 1 amide bonds. The van der Waals surface area contributed by atoms with Gasteiger partial charge in [-0.1, -0.05) is 83.5 Å². The van der Waals surface area contributed by atoms with Crippen molar-refractivity contribution in [1.82, 2.24) is 5.16 Å². The first-order chi connectivity index (χ1) is 20.4. The number of carbonyl (C=O) groups excluding carboxylic acids is 2. The lowest BCUT2D eigenvalue weighted by atomic mass is 9.82. The van der Waals surface area contributed by atoms with Crippen LogP contribution in [0.4, 0.5) is 10.5 Å². The quantitative estimate of drug-likeness (QED) is 0.208. The molecule has 0 bridgehead atoms. The number of rotatable bonds is 8. The summed E-state index contributed by atoms with van der Waals surface area (Å²) in [4.78, 5) is 25.2. The summed E-state index contributed by atoms with van der Waals surface area (Å²) in [6.07, 6.45) is -0.409. The maximum atomic E-state index is 12.7. The SMILES string of the molecule is CCOC(=O)C1COCCC1c1ccc(-c2ccc(-c3onc(C)c3NC(=O)O[C@H](C)c3ccccc3Cl)cc2)cc1. The molecule has 3 atom stereocenters. The number of carbonyl (C=O) groups is 2.